The molecule has 4 bridgehead atoms. The van der Waals surface area contributed by atoms with E-state index in [-0.39, 0.29) is 0 Å². The van der Waals surface area contributed by atoms with Gasteiger partial charge in [-0.05, 0) is 49.9 Å². The van der Waals surface area contributed by atoms with Crippen molar-refractivity contribution in [3.05, 3.63) is 0 Å². The Morgan fingerprint density at radius 2 is 1.48 bits per heavy atom. The lowest BCUT2D eigenvalue weighted by atomic mass is 9.56. The first-order valence-electron chi connectivity index (χ1n) is 9.61. The maximum Gasteiger partial charge on any atom is 0.485 e. The summed E-state index contributed by atoms with van der Waals surface area (Å²) in [5.41, 5.74) is -5.65. The summed E-state index contributed by atoms with van der Waals surface area (Å²) in [5.74, 6) is 3.70. The van der Waals surface area contributed by atoms with Crippen LogP contribution in [0.15, 0.2) is 0 Å². The molecular weight excluding hydrogens is 401 g/mol. The molecule has 5 rings (SSSR count). The second-order valence-corrected chi connectivity index (χ2v) is 12.7. The summed E-state index contributed by atoms with van der Waals surface area (Å²) in [6.45, 7) is 0. The first-order chi connectivity index (χ1) is 12.4. The SMILES string of the molecule is C[S+](C1CCCCC1=O)C12CC3CC(CC(C3)C1)C2.O=S(=O)([O-])C(F)(F)F. The fraction of sp³-hybridized carbons (Fsp3) is 0.944. The Kier molecular flexibility index (Phi) is 5.97. The summed E-state index contributed by atoms with van der Waals surface area (Å²) < 4.78 is 59.5. The number of rotatable bonds is 2. The first-order valence-corrected chi connectivity index (χ1v) is 12.7. The first kappa shape index (κ1) is 21.4. The third-order valence-corrected chi connectivity index (χ3v) is 10.7. The lowest BCUT2D eigenvalue weighted by Gasteiger charge is -2.55. The van der Waals surface area contributed by atoms with Crippen molar-refractivity contribution in [1.29, 1.82) is 0 Å². The molecule has 0 aliphatic heterocycles. The van der Waals surface area contributed by atoms with Crippen molar-refractivity contribution in [2.45, 2.75) is 79.7 Å². The van der Waals surface area contributed by atoms with Crippen LogP contribution in [0, 0.1) is 17.8 Å². The van der Waals surface area contributed by atoms with Crippen LogP contribution in [0.25, 0.3) is 0 Å². The predicted octanol–water partition coefficient (Wildman–Crippen LogP) is 3.77. The molecule has 0 heterocycles. The number of hydrogen-bond acceptors (Lipinski definition) is 4. The van der Waals surface area contributed by atoms with Crippen molar-refractivity contribution < 1.29 is 30.9 Å². The fourth-order valence-electron chi connectivity index (χ4n) is 6.05. The van der Waals surface area contributed by atoms with Crippen LogP contribution >= 0.6 is 0 Å². The molecule has 5 aliphatic rings. The average molecular weight is 429 g/mol. The number of Topliss-reactive ketones (excluding diaryl/α,β-unsaturated/α-hetero) is 1. The van der Waals surface area contributed by atoms with E-state index in [1.165, 1.54) is 51.4 Å². The van der Waals surface area contributed by atoms with Crippen LogP contribution in [-0.4, -0.2) is 40.5 Å². The minimum Gasteiger partial charge on any atom is -0.741 e. The van der Waals surface area contributed by atoms with Crippen LogP contribution in [0.4, 0.5) is 13.2 Å². The molecule has 4 nitrogen and oxygen atoms in total. The van der Waals surface area contributed by atoms with Gasteiger partial charge in [-0.2, -0.15) is 13.2 Å². The molecule has 5 aliphatic carbocycles. The number of ketones is 1. The molecule has 0 radical (unpaired) electrons. The van der Waals surface area contributed by atoms with Crippen molar-refractivity contribution in [2.75, 3.05) is 6.26 Å². The Hall–Kier alpha value is -0.280. The van der Waals surface area contributed by atoms with Crippen LogP contribution in [-0.2, 0) is 25.8 Å². The van der Waals surface area contributed by atoms with Crippen molar-refractivity contribution in [1.82, 2.24) is 0 Å². The molecule has 9 heteroatoms. The highest BCUT2D eigenvalue weighted by Crippen LogP contribution is 2.59. The van der Waals surface area contributed by atoms with Crippen LogP contribution in [0.1, 0.15) is 64.2 Å². The minimum absolute atomic E-state index is 0.359. The molecule has 27 heavy (non-hydrogen) atoms. The van der Waals surface area contributed by atoms with E-state index in [9.17, 15) is 18.0 Å². The van der Waals surface area contributed by atoms with Gasteiger partial charge in [0.15, 0.2) is 21.2 Å². The molecule has 0 aromatic carbocycles. The van der Waals surface area contributed by atoms with Gasteiger partial charge in [0.2, 0.25) is 0 Å². The number of hydrogen-bond donors (Lipinski definition) is 0. The second-order valence-electron chi connectivity index (χ2n) is 8.76. The summed E-state index contributed by atoms with van der Waals surface area (Å²) >= 11 is 0. The van der Waals surface area contributed by atoms with Crippen LogP contribution < -0.4 is 0 Å². The summed E-state index contributed by atoms with van der Waals surface area (Å²) in [4.78, 5) is 12.3. The summed E-state index contributed by atoms with van der Waals surface area (Å²) in [6, 6.07) is 0. The summed E-state index contributed by atoms with van der Waals surface area (Å²) in [7, 11) is -5.73. The standard InChI is InChI=1S/C17H27OS.CHF3O3S/c1-19(16-5-3-2-4-15(16)18)17-9-12-6-13(10-17)8-14(7-12)11-17;2-1(3,4)8(5,6)7/h12-14,16H,2-11H2,1H3;(H,5,6,7)/q+1;/p-1. The van der Waals surface area contributed by atoms with E-state index in [0.29, 0.717) is 26.7 Å². The predicted molar refractivity (Wildman–Crippen MR) is 97.2 cm³/mol. The molecule has 156 valence electrons. The number of carbonyl (C=O) groups is 1. The largest absolute Gasteiger partial charge is 0.741 e. The fourth-order valence-corrected chi connectivity index (χ4v) is 9.18. The Bertz CT molecular complexity index is 639. The molecular formula is C18H27F3O4S2. The smallest absolute Gasteiger partial charge is 0.485 e. The Balaban J connectivity index is 0.000000226. The molecule has 0 amide bonds. The van der Waals surface area contributed by atoms with Crippen molar-refractivity contribution in [3.63, 3.8) is 0 Å². The zero-order chi connectivity index (χ0) is 20.0. The van der Waals surface area contributed by atoms with E-state index in [1.54, 1.807) is 0 Å². The number of alkyl halides is 3. The van der Waals surface area contributed by atoms with Gasteiger partial charge < -0.3 is 4.55 Å². The molecule has 5 saturated carbocycles. The number of carbonyl (C=O) groups excluding carboxylic acids is 1. The monoisotopic (exact) mass is 428 g/mol. The molecule has 2 atom stereocenters. The highest BCUT2D eigenvalue weighted by molar-refractivity contribution is 7.98. The van der Waals surface area contributed by atoms with Gasteiger partial charge in [0.05, 0.1) is 6.26 Å². The Morgan fingerprint density at radius 3 is 1.85 bits per heavy atom. The second kappa shape index (κ2) is 7.52. The van der Waals surface area contributed by atoms with Gasteiger partial charge >= 0.3 is 5.51 Å². The number of halogens is 3. The van der Waals surface area contributed by atoms with Crippen LogP contribution in [0.2, 0.25) is 0 Å². The molecule has 0 saturated heterocycles. The Morgan fingerprint density at radius 1 is 1.04 bits per heavy atom. The van der Waals surface area contributed by atoms with Gasteiger partial charge in [-0.1, -0.05) is 0 Å². The highest BCUT2D eigenvalue weighted by atomic mass is 32.2. The maximum atomic E-state index is 12.3. The third-order valence-electron chi connectivity index (χ3n) is 6.87. The quantitative estimate of drug-likeness (QED) is 0.381. The van der Waals surface area contributed by atoms with E-state index in [1.807, 2.05) is 0 Å². The van der Waals surface area contributed by atoms with E-state index >= 15 is 0 Å². The molecule has 0 aromatic rings. The summed E-state index contributed by atoms with van der Waals surface area (Å²) in [6.07, 6.45) is 16.0. The van der Waals surface area contributed by atoms with Gasteiger partial charge in [0, 0.05) is 43.0 Å². The maximum absolute atomic E-state index is 12.3. The van der Waals surface area contributed by atoms with Crippen molar-refractivity contribution >= 4 is 26.8 Å². The molecule has 5 fully saturated rings. The van der Waals surface area contributed by atoms with E-state index in [2.05, 4.69) is 6.26 Å². The minimum atomic E-state index is -6.09. The van der Waals surface area contributed by atoms with Gasteiger partial charge in [-0.25, -0.2) is 8.42 Å². The third kappa shape index (κ3) is 4.50. The normalized spacial score (nSPS) is 39.7. The van der Waals surface area contributed by atoms with Crippen molar-refractivity contribution in [2.24, 2.45) is 17.8 Å². The zero-order valence-electron chi connectivity index (χ0n) is 15.5. The van der Waals surface area contributed by atoms with Crippen molar-refractivity contribution in [3.8, 4) is 0 Å². The Labute approximate surface area is 161 Å². The van der Waals surface area contributed by atoms with E-state index in [0.717, 1.165) is 30.6 Å². The molecule has 2 unspecified atom stereocenters. The summed E-state index contributed by atoms with van der Waals surface area (Å²) in [5, 5.41) is 0.449. The van der Waals surface area contributed by atoms with Crippen LogP contribution in [0.5, 0.6) is 0 Å². The molecule has 0 aromatic heterocycles. The van der Waals surface area contributed by atoms with Gasteiger partial charge in [0.1, 0.15) is 4.75 Å². The topological polar surface area (TPSA) is 74.3 Å². The molecule has 0 spiro atoms. The lowest BCUT2D eigenvalue weighted by Crippen LogP contribution is -2.58. The van der Waals surface area contributed by atoms with Gasteiger partial charge in [0.25, 0.3) is 0 Å². The van der Waals surface area contributed by atoms with E-state index in [4.69, 9.17) is 13.0 Å². The molecule has 0 N–H and O–H groups in total. The van der Waals surface area contributed by atoms with Gasteiger partial charge in [-0.3, -0.25) is 4.79 Å². The average Bonchev–Trinajstić information content (AvgIpc) is 2.52. The lowest BCUT2D eigenvalue weighted by molar-refractivity contribution is -0.119. The van der Waals surface area contributed by atoms with Gasteiger partial charge in [-0.15, -0.1) is 0 Å². The van der Waals surface area contributed by atoms with E-state index < -0.39 is 15.6 Å². The zero-order valence-corrected chi connectivity index (χ0v) is 17.1. The highest BCUT2D eigenvalue weighted by Gasteiger charge is 2.60. The van der Waals surface area contributed by atoms with Crippen LogP contribution in [0.3, 0.4) is 0 Å².